The first-order chi connectivity index (χ1) is 8.18. The van der Waals surface area contributed by atoms with Crippen molar-refractivity contribution in [2.75, 3.05) is 6.54 Å². The van der Waals surface area contributed by atoms with Crippen molar-refractivity contribution in [3.05, 3.63) is 29.8 Å². The monoisotopic (exact) mass is 235 g/mol. The highest BCUT2D eigenvalue weighted by molar-refractivity contribution is 5.71. The van der Waals surface area contributed by atoms with Gasteiger partial charge < -0.3 is 15.5 Å². The van der Waals surface area contributed by atoms with Crippen LogP contribution in [0, 0.1) is 5.92 Å². The molecule has 0 saturated carbocycles. The maximum absolute atomic E-state index is 11.3. The van der Waals surface area contributed by atoms with Gasteiger partial charge in [-0.05, 0) is 37.1 Å². The van der Waals surface area contributed by atoms with Crippen molar-refractivity contribution >= 4 is 5.97 Å². The molecule has 92 valence electrons. The first-order valence-corrected chi connectivity index (χ1v) is 5.93. The SMILES string of the molecule is O=C(O)[C@H]1CCCCN[C@@H]1c1ccc(O)cc1. The number of aromatic hydroxyl groups is 1. The summed E-state index contributed by atoms with van der Waals surface area (Å²) >= 11 is 0. The Kier molecular flexibility index (Phi) is 3.64. The molecule has 1 aliphatic rings. The molecule has 17 heavy (non-hydrogen) atoms. The fraction of sp³-hybridized carbons (Fsp3) is 0.462. The quantitative estimate of drug-likeness (QED) is 0.732. The van der Waals surface area contributed by atoms with Crippen LogP contribution in [0.1, 0.15) is 30.9 Å². The maximum Gasteiger partial charge on any atom is 0.308 e. The molecule has 0 aliphatic carbocycles. The molecule has 3 N–H and O–H groups in total. The van der Waals surface area contributed by atoms with Gasteiger partial charge in [0.25, 0.3) is 0 Å². The largest absolute Gasteiger partial charge is 0.508 e. The predicted molar refractivity (Wildman–Crippen MR) is 63.8 cm³/mol. The predicted octanol–water partition coefficient (Wildman–Crippen LogP) is 1.91. The van der Waals surface area contributed by atoms with E-state index in [0.29, 0.717) is 6.42 Å². The minimum absolute atomic E-state index is 0.157. The molecule has 0 radical (unpaired) electrons. The van der Waals surface area contributed by atoms with Crippen LogP contribution in [-0.2, 0) is 4.79 Å². The molecule has 0 bridgehead atoms. The van der Waals surface area contributed by atoms with E-state index in [4.69, 9.17) is 0 Å². The van der Waals surface area contributed by atoms with Crippen LogP contribution in [0.3, 0.4) is 0 Å². The van der Waals surface area contributed by atoms with Crippen LogP contribution < -0.4 is 5.32 Å². The summed E-state index contributed by atoms with van der Waals surface area (Å²) in [5.74, 6) is -0.936. The maximum atomic E-state index is 11.3. The van der Waals surface area contributed by atoms with Gasteiger partial charge in [-0.2, -0.15) is 0 Å². The third kappa shape index (κ3) is 2.77. The second kappa shape index (κ2) is 5.19. The summed E-state index contributed by atoms with van der Waals surface area (Å²) in [5.41, 5.74) is 0.928. The minimum atomic E-state index is -0.752. The number of benzene rings is 1. The number of hydrogen-bond donors (Lipinski definition) is 3. The second-order valence-electron chi connectivity index (χ2n) is 4.46. The average molecular weight is 235 g/mol. The van der Waals surface area contributed by atoms with Crippen LogP contribution in [0.5, 0.6) is 5.75 Å². The highest BCUT2D eigenvalue weighted by Gasteiger charge is 2.30. The summed E-state index contributed by atoms with van der Waals surface area (Å²) in [7, 11) is 0. The molecule has 4 nitrogen and oxygen atoms in total. The first-order valence-electron chi connectivity index (χ1n) is 5.93. The molecule has 1 aliphatic heterocycles. The van der Waals surface area contributed by atoms with Crippen LogP contribution in [0.25, 0.3) is 0 Å². The molecule has 2 rings (SSSR count). The van der Waals surface area contributed by atoms with Crippen molar-refractivity contribution in [3.63, 3.8) is 0 Å². The molecule has 0 spiro atoms. The molecule has 1 aromatic carbocycles. The van der Waals surface area contributed by atoms with Crippen molar-refractivity contribution in [2.45, 2.75) is 25.3 Å². The van der Waals surface area contributed by atoms with Gasteiger partial charge in [0.2, 0.25) is 0 Å². The van der Waals surface area contributed by atoms with Crippen LogP contribution in [-0.4, -0.2) is 22.7 Å². The fourth-order valence-corrected chi connectivity index (χ4v) is 2.35. The number of phenols is 1. The summed E-state index contributed by atoms with van der Waals surface area (Å²) in [6.45, 7) is 0.843. The Morgan fingerprint density at radius 2 is 1.94 bits per heavy atom. The van der Waals surface area contributed by atoms with Crippen molar-refractivity contribution in [2.24, 2.45) is 5.92 Å². The molecule has 2 atom stereocenters. The molecular weight excluding hydrogens is 218 g/mol. The Hall–Kier alpha value is -1.55. The van der Waals surface area contributed by atoms with E-state index in [1.807, 2.05) is 0 Å². The molecule has 1 saturated heterocycles. The molecular formula is C13H17NO3. The van der Waals surface area contributed by atoms with Gasteiger partial charge in [-0.25, -0.2) is 0 Å². The standard InChI is InChI=1S/C13H17NO3/c15-10-6-4-9(5-7-10)12-11(13(16)17)3-1-2-8-14-12/h4-7,11-12,14-15H,1-3,8H2,(H,16,17)/t11-,12+/m0/s1. The summed E-state index contributed by atoms with van der Waals surface area (Å²) in [4.78, 5) is 11.3. The molecule has 1 fully saturated rings. The summed E-state index contributed by atoms with van der Waals surface area (Å²) in [5, 5.41) is 21.8. The molecule has 0 unspecified atom stereocenters. The van der Waals surface area contributed by atoms with E-state index in [1.165, 1.54) is 0 Å². The first kappa shape index (κ1) is 11.9. The Labute approximate surface area is 100 Å². The molecule has 4 heteroatoms. The van der Waals surface area contributed by atoms with Crippen LogP contribution in [0.15, 0.2) is 24.3 Å². The summed E-state index contributed by atoms with van der Waals surface area (Å²) < 4.78 is 0. The van der Waals surface area contributed by atoms with E-state index in [9.17, 15) is 15.0 Å². The van der Waals surface area contributed by atoms with Gasteiger partial charge in [-0.15, -0.1) is 0 Å². The second-order valence-corrected chi connectivity index (χ2v) is 4.46. The Morgan fingerprint density at radius 1 is 1.24 bits per heavy atom. The number of carboxylic acids is 1. The average Bonchev–Trinajstić information content (AvgIpc) is 2.55. The van der Waals surface area contributed by atoms with Crippen LogP contribution in [0.2, 0.25) is 0 Å². The summed E-state index contributed by atoms with van der Waals surface area (Å²) in [6, 6.07) is 6.61. The molecule has 0 aromatic heterocycles. The number of nitrogens with one attached hydrogen (secondary N) is 1. The Morgan fingerprint density at radius 3 is 2.59 bits per heavy atom. The topological polar surface area (TPSA) is 69.6 Å². The lowest BCUT2D eigenvalue weighted by Gasteiger charge is -2.22. The fourth-order valence-electron chi connectivity index (χ4n) is 2.35. The zero-order valence-corrected chi connectivity index (χ0v) is 9.60. The number of rotatable bonds is 2. The Bertz CT molecular complexity index is 388. The van der Waals surface area contributed by atoms with Gasteiger partial charge in [0.1, 0.15) is 5.75 Å². The molecule has 1 aromatic rings. The zero-order chi connectivity index (χ0) is 12.3. The van der Waals surface area contributed by atoms with Crippen molar-refractivity contribution in [1.29, 1.82) is 0 Å². The molecule has 0 amide bonds. The van der Waals surface area contributed by atoms with Gasteiger partial charge >= 0.3 is 5.97 Å². The minimum Gasteiger partial charge on any atom is -0.508 e. The smallest absolute Gasteiger partial charge is 0.308 e. The summed E-state index contributed by atoms with van der Waals surface area (Å²) in [6.07, 6.45) is 2.66. The van der Waals surface area contributed by atoms with E-state index in [-0.39, 0.29) is 17.7 Å². The third-order valence-corrected chi connectivity index (χ3v) is 3.28. The zero-order valence-electron chi connectivity index (χ0n) is 9.60. The van der Waals surface area contributed by atoms with E-state index in [2.05, 4.69) is 5.32 Å². The lowest BCUT2D eigenvalue weighted by molar-refractivity contribution is -0.143. The van der Waals surface area contributed by atoms with Gasteiger partial charge in [0, 0.05) is 6.04 Å². The van der Waals surface area contributed by atoms with Gasteiger partial charge in [-0.3, -0.25) is 4.79 Å². The van der Waals surface area contributed by atoms with Crippen LogP contribution in [0.4, 0.5) is 0 Å². The van der Waals surface area contributed by atoms with E-state index < -0.39 is 5.97 Å². The van der Waals surface area contributed by atoms with Crippen molar-refractivity contribution in [3.8, 4) is 5.75 Å². The third-order valence-electron chi connectivity index (χ3n) is 3.28. The van der Waals surface area contributed by atoms with Crippen LogP contribution >= 0.6 is 0 Å². The van der Waals surface area contributed by atoms with E-state index >= 15 is 0 Å². The highest BCUT2D eigenvalue weighted by atomic mass is 16.4. The van der Waals surface area contributed by atoms with Gasteiger partial charge in [-0.1, -0.05) is 18.6 Å². The van der Waals surface area contributed by atoms with Gasteiger partial charge in [0.15, 0.2) is 0 Å². The molecule has 1 heterocycles. The van der Waals surface area contributed by atoms with E-state index in [1.54, 1.807) is 24.3 Å². The van der Waals surface area contributed by atoms with Crippen molar-refractivity contribution < 1.29 is 15.0 Å². The number of hydrogen-bond acceptors (Lipinski definition) is 3. The normalized spacial score (nSPS) is 25.2. The lowest BCUT2D eigenvalue weighted by atomic mass is 9.90. The van der Waals surface area contributed by atoms with Crippen molar-refractivity contribution in [1.82, 2.24) is 5.32 Å². The number of carboxylic acid groups (broad SMARTS) is 1. The Balaban J connectivity index is 2.25. The van der Waals surface area contributed by atoms with E-state index in [0.717, 1.165) is 24.9 Å². The number of carbonyl (C=O) groups is 1. The lowest BCUT2D eigenvalue weighted by Crippen LogP contribution is -2.31. The number of aliphatic carboxylic acids is 1. The highest BCUT2D eigenvalue weighted by Crippen LogP contribution is 2.29. The number of phenolic OH excluding ortho intramolecular Hbond substituents is 1. The van der Waals surface area contributed by atoms with Gasteiger partial charge in [0.05, 0.1) is 5.92 Å².